The number of aliphatic carboxylic acids is 1. The number of hydrogen-bond donors (Lipinski definition) is 1. The lowest BCUT2D eigenvalue weighted by Crippen LogP contribution is -2.33. The van der Waals surface area contributed by atoms with Crippen LogP contribution in [0.3, 0.4) is 0 Å². The van der Waals surface area contributed by atoms with Crippen molar-refractivity contribution in [3.63, 3.8) is 0 Å². The lowest BCUT2D eigenvalue weighted by atomic mass is 9.79. The Morgan fingerprint density at radius 2 is 1.41 bits per heavy atom. The Labute approximate surface area is 165 Å². The molecule has 1 saturated carbocycles. The molecule has 1 N–H and O–H groups in total. The van der Waals surface area contributed by atoms with Gasteiger partial charge < -0.3 is 9.84 Å². The number of unbranched alkanes of at least 4 members (excludes halogenated alkanes) is 9. The van der Waals surface area contributed by atoms with Gasteiger partial charge in [-0.15, -0.1) is 0 Å². The standard InChI is InChI=1S/C23H40O4/c1-2-3-4-5-6-7-8-9-10-11-12-13-16-19-27-23(26)21-18-15-14-17-20(21)22(24)25/h3-4,20-21H,2,5-19H2,1H3,(H,24,25)/b4-3+. The zero-order chi connectivity index (χ0) is 19.7. The van der Waals surface area contributed by atoms with Crippen LogP contribution in [0.25, 0.3) is 0 Å². The first-order valence-electron chi connectivity index (χ1n) is 11.2. The Bertz CT molecular complexity index is 430. The molecule has 1 aliphatic rings. The van der Waals surface area contributed by atoms with Gasteiger partial charge in [-0.1, -0.05) is 76.9 Å². The predicted molar refractivity (Wildman–Crippen MR) is 110 cm³/mol. The summed E-state index contributed by atoms with van der Waals surface area (Å²) in [6.07, 6.45) is 21.0. The second kappa shape index (κ2) is 15.7. The van der Waals surface area contributed by atoms with Crippen molar-refractivity contribution >= 4 is 11.9 Å². The second-order valence-electron chi connectivity index (χ2n) is 7.85. The number of carboxylic acids is 1. The van der Waals surface area contributed by atoms with E-state index in [2.05, 4.69) is 19.1 Å². The number of carboxylic acid groups (broad SMARTS) is 1. The van der Waals surface area contributed by atoms with Crippen molar-refractivity contribution in [2.75, 3.05) is 6.61 Å². The number of carbonyl (C=O) groups excluding carboxylic acids is 1. The largest absolute Gasteiger partial charge is 0.481 e. The first-order valence-corrected chi connectivity index (χ1v) is 11.2. The Hall–Kier alpha value is -1.32. The van der Waals surface area contributed by atoms with Crippen LogP contribution >= 0.6 is 0 Å². The second-order valence-corrected chi connectivity index (χ2v) is 7.85. The fourth-order valence-electron chi connectivity index (χ4n) is 3.87. The van der Waals surface area contributed by atoms with Gasteiger partial charge in [0.25, 0.3) is 0 Å². The molecule has 0 aliphatic heterocycles. The van der Waals surface area contributed by atoms with Gasteiger partial charge >= 0.3 is 11.9 Å². The highest BCUT2D eigenvalue weighted by atomic mass is 16.5. The van der Waals surface area contributed by atoms with E-state index in [1.54, 1.807) is 0 Å². The molecule has 0 amide bonds. The molecule has 0 aromatic carbocycles. The van der Waals surface area contributed by atoms with E-state index in [0.29, 0.717) is 19.4 Å². The number of carbonyl (C=O) groups is 2. The fraction of sp³-hybridized carbons (Fsp3) is 0.826. The van der Waals surface area contributed by atoms with Gasteiger partial charge in [0.2, 0.25) is 0 Å². The summed E-state index contributed by atoms with van der Waals surface area (Å²) in [5.74, 6) is -2.13. The molecule has 4 heteroatoms. The predicted octanol–water partition coefficient (Wildman–Crippen LogP) is 6.29. The van der Waals surface area contributed by atoms with Crippen LogP contribution in [0.1, 0.15) is 103 Å². The summed E-state index contributed by atoms with van der Waals surface area (Å²) in [6, 6.07) is 0. The Kier molecular flexibility index (Phi) is 13.8. The SMILES string of the molecule is CC/C=C/CCCCCCCCCCCOC(=O)C1CCCCC1C(=O)O. The van der Waals surface area contributed by atoms with Crippen LogP contribution in [0.2, 0.25) is 0 Å². The summed E-state index contributed by atoms with van der Waals surface area (Å²) in [5, 5.41) is 9.24. The molecule has 0 bridgehead atoms. The lowest BCUT2D eigenvalue weighted by molar-refractivity contribution is -0.159. The third-order valence-corrected chi connectivity index (χ3v) is 5.55. The summed E-state index contributed by atoms with van der Waals surface area (Å²) >= 11 is 0. The van der Waals surface area contributed by atoms with Crippen molar-refractivity contribution in [1.29, 1.82) is 0 Å². The Morgan fingerprint density at radius 1 is 0.852 bits per heavy atom. The number of esters is 1. The van der Waals surface area contributed by atoms with Gasteiger partial charge in [0.15, 0.2) is 0 Å². The minimum Gasteiger partial charge on any atom is -0.481 e. The molecule has 0 spiro atoms. The van der Waals surface area contributed by atoms with Crippen molar-refractivity contribution in [2.24, 2.45) is 11.8 Å². The van der Waals surface area contributed by atoms with E-state index in [4.69, 9.17) is 4.74 Å². The summed E-state index contributed by atoms with van der Waals surface area (Å²) in [7, 11) is 0. The zero-order valence-corrected chi connectivity index (χ0v) is 17.3. The molecule has 1 fully saturated rings. The molecule has 2 unspecified atom stereocenters. The quantitative estimate of drug-likeness (QED) is 0.206. The summed E-state index contributed by atoms with van der Waals surface area (Å²) in [6.45, 7) is 2.61. The highest BCUT2D eigenvalue weighted by Crippen LogP contribution is 2.31. The van der Waals surface area contributed by atoms with E-state index < -0.39 is 17.8 Å². The molecule has 27 heavy (non-hydrogen) atoms. The molecule has 0 aromatic rings. The third kappa shape index (κ3) is 11.2. The molecule has 4 nitrogen and oxygen atoms in total. The van der Waals surface area contributed by atoms with Crippen LogP contribution in [0.4, 0.5) is 0 Å². The summed E-state index contributed by atoms with van der Waals surface area (Å²) in [5.41, 5.74) is 0. The van der Waals surface area contributed by atoms with Crippen LogP contribution in [0, 0.1) is 11.8 Å². The first-order chi connectivity index (χ1) is 13.2. The molecule has 2 atom stereocenters. The average Bonchev–Trinajstić information content (AvgIpc) is 2.68. The van der Waals surface area contributed by atoms with E-state index >= 15 is 0 Å². The smallest absolute Gasteiger partial charge is 0.309 e. The average molecular weight is 381 g/mol. The van der Waals surface area contributed by atoms with Crippen LogP contribution in [0.5, 0.6) is 0 Å². The van der Waals surface area contributed by atoms with Crippen molar-refractivity contribution in [3.05, 3.63) is 12.2 Å². The van der Waals surface area contributed by atoms with E-state index in [1.165, 1.54) is 51.4 Å². The minimum absolute atomic E-state index is 0.295. The van der Waals surface area contributed by atoms with Gasteiger partial charge in [0.1, 0.15) is 0 Å². The maximum absolute atomic E-state index is 12.1. The van der Waals surface area contributed by atoms with Crippen molar-refractivity contribution in [2.45, 2.75) is 103 Å². The zero-order valence-electron chi connectivity index (χ0n) is 17.3. The molecule has 0 heterocycles. The van der Waals surface area contributed by atoms with Crippen molar-refractivity contribution in [1.82, 2.24) is 0 Å². The molecule has 0 aromatic heterocycles. The highest BCUT2D eigenvalue weighted by molar-refractivity contribution is 5.81. The van der Waals surface area contributed by atoms with E-state index in [1.807, 2.05) is 0 Å². The molecular weight excluding hydrogens is 340 g/mol. The van der Waals surface area contributed by atoms with E-state index in [9.17, 15) is 14.7 Å². The number of ether oxygens (including phenoxy) is 1. The van der Waals surface area contributed by atoms with Gasteiger partial charge in [0.05, 0.1) is 18.4 Å². The number of rotatable bonds is 15. The topological polar surface area (TPSA) is 63.6 Å². The number of hydrogen-bond acceptors (Lipinski definition) is 3. The molecule has 0 saturated heterocycles. The highest BCUT2D eigenvalue weighted by Gasteiger charge is 2.36. The van der Waals surface area contributed by atoms with Gasteiger partial charge in [-0.25, -0.2) is 0 Å². The molecule has 1 aliphatic carbocycles. The fourth-order valence-corrected chi connectivity index (χ4v) is 3.87. The lowest BCUT2D eigenvalue weighted by Gasteiger charge is -2.26. The van der Waals surface area contributed by atoms with E-state index in [-0.39, 0.29) is 5.97 Å². The van der Waals surface area contributed by atoms with Gasteiger partial charge in [-0.05, 0) is 38.5 Å². The minimum atomic E-state index is -0.853. The summed E-state index contributed by atoms with van der Waals surface area (Å²) in [4.78, 5) is 23.4. The normalized spacial score (nSPS) is 20.0. The van der Waals surface area contributed by atoms with Crippen LogP contribution < -0.4 is 0 Å². The van der Waals surface area contributed by atoms with E-state index in [0.717, 1.165) is 32.1 Å². The van der Waals surface area contributed by atoms with Gasteiger partial charge in [-0.3, -0.25) is 9.59 Å². The van der Waals surface area contributed by atoms with Gasteiger partial charge in [0, 0.05) is 0 Å². The van der Waals surface area contributed by atoms with Gasteiger partial charge in [-0.2, -0.15) is 0 Å². The maximum Gasteiger partial charge on any atom is 0.309 e. The van der Waals surface area contributed by atoms with Crippen LogP contribution in [0.15, 0.2) is 12.2 Å². The molecule has 156 valence electrons. The first kappa shape index (κ1) is 23.7. The molecule has 0 radical (unpaired) electrons. The maximum atomic E-state index is 12.1. The van der Waals surface area contributed by atoms with Crippen LogP contribution in [-0.4, -0.2) is 23.7 Å². The Balaban J connectivity index is 1.93. The molecule has 1 rings (SSSR count). The van der Waals surface area contributed by atoms with Crippen molar-refractivity contribution < 1.29 is 19.4 Å². The summed E-state index contributed by atoms with van der Waals surface area (Å²) < 4.78 is 5.35. The van der Waals surface area contributed by atoms with Crippen molar-refractivity contribution in [3.8, 4) is 0 Å². The number of allylic oxidation sites excluding steroid dienone is 2. The monoisotopic (exact) mass is 380 g/mol. The van der Waals surface area contributed by atoms with Crippen LogP contribution in [-0.2, 0) is 14.3 Å². The third-order valence-electron chi connectivity index (χ3n) is 5.55. The molecular formula is C23H40O4. The Morgan fingerprint density at radius 3 is 2.00 bits per heavy atom.